The van der Waals surface area contributed by atoms with Crippen LogP contribution in [0.4, 0.5) is 0 Å². The molecule has 112 valence electrons. The Labute approximate surface area is 131 Å². The Hall–Kier alpha value is -0.410. The fraction of sp³-hybridized carbons (Fsp3) is 0.706. The number of rotatable bonds is 6. The van der Waals surface area contributed by atoms with Gasteiger partial charge in [-0.2, -0.15) is 0 Å². The van der Waals surface area contributed by atoms with E-state index in [-0.39, 0.29) is 0 Å². The molecule has 0 amide bonds. The first-order valence-corrected chi connectivity index (χ1v) is 8.62. The smallest absolute Gasteiger partial charge is 0.0410 e. The van der Waals surface area contributed by atoms with Crippen LogP contribution in [0.2, 0.25) is 0 Å². The zero-order chi connectivity index (χ0) is 14.6. The molecule has 1 fully saturated rings. The van der Waals surface area contributed by atoms with E-state index in [1.54, 1.807) is 0 Å². The SMILES string of the molecule is CNC(Cc1cncc(Br)c1)C1(CC(C)C)CCCC1. The number of halogens is 1. The van der Waals surface area contributed by atoms with E-state index in [9.17, 15) is 0 Å². The average Bonchev–Trinajstić information content (AvgIpc) is 2.84. The summed E-state index contributed by atoms with van der Waals surface area (Å²) in [7, 11) is 2.12. The maximum Gasteiger partial charge on any atom is 0.0410 e. The molecule has 1 saturated carbocycles. The van der Waals surface area contributed by atoms with Crippen molar-refractivity contribution in [2.45, 2.75) is 58.4 Å². The predicted octanol–water partition coefficient (Wildman–Crippen LogP) is 4.58. The van der Waals surface area contributed by atoms with Crippen molar-refractivity contribution in [2.75, 3.05) is 7.05 Å². The van der Waals surface area contributed by atoms with Gasteiger partial charge in [0.1, 0.15) is 0 Å². The third-order valence-electron chi connectivity index (χ3n) is 4.70. The van der Waals surface area contributed by atoms with Crippen LogP contribution in [0, 0.1) is 11.3 Å². The molecule has 1 aromatic heterocycles. The predicted molar refractivity (Wildman–Crippen MR) is 88.8 cm³/mol. The van der Waals surface area contributed by atoms with E-state index >= 15 is 0 Å². The van der Waals surface area contributed by atoms with E-state index in [1.807, 2.05) is 12.4 Å². The third kappa shape index (κ3) is 3.82. The Morgan fingerprint density at radius 2 is 2.00 bits per heavy atom. The molecule has 0 saturated heterocycles. The van der Waals surface area contributed by atoms with E-state index in [0.717, 1.165) is 16.8 Å². The summed E-state index contributed by atoms with van der Waals surface area (Å²) >= 11 is 3.53. The van der Waals surface area contributed by atoms with Crippen molar-refractivity contribution in [3.8, 4) is 0 Å². The normalized spacial score (nSPS) is 19.4. The van der Waals surface area contributed by atoms with Crippen LogP contribution in [0.5, 0.6) is 0 Å². The molecule has 1 atom stereocenters. The highest BCUT2D eigenvalue weighted by Crippen LogP contribution is 2.46. The first-order chi connectivity index (χ1) is 9.55. The standard InChI is InChI=1S/C17H27BrN2/c1-13(2)10-17(6-4-5-7-17)16(19-3)9-14-8-15(18)12-20-11-14/h8,11-13,16,19H,4-7,9-10H2,1-3H3. The van der Waals surface area contributed by atoms with Crippen LogP contribution < -0.4 is 5.32 Å². The Morgan fingerprint density at radius 3 is 2.55 bits per heavy atom. The largest absolute Gasteiger partial charge is 0.316 e. The lowest BCUT2D eigenvalue weighted by Crippen LogP contribution is -2.44. The summed E-state index contributed by atoms with van der Waals surface area (Å²) in [5, 5.41) is 3.62. The highest BCUT2D eigenvalue weighted by Gasteiger charge is 2.40. The van der Waals surface area contributed by atoms with Gasteiger partial charge in [0.25, 0.3) is 0 Å². The second-order valence-corrected chi connectivity index (χ2v) is 7.64. The van der Waals surface area contributed by atoms with Crippen LogP contribution in [-0.4, -0.2) is 18.1 Å². The maximum absolute atomic E-state index is 4.31. The Bertz CT molecular complexity index is 425. The van der Waals surface area contributed by atoms with Gasteiger partial charge in [0.15, 0.2) is 0 Å². The lowest BCUT2D eigenvalue weighted by Gasteiger charge is -2.39. The minimum atomic E-state index is 0.477. The third-order valence-corrected chi connectivity index (χ3v) is 5.14. The van der Waals surface area contributed by atoms with Gasteiger partial charge in [-0.1, -0.05) is 26.7 Å². The zero-order valence-corrected chi connectivity index (χ0v) is 14.5. The van der Waals surface area contributed by atoms with Crippen LogP contribution in [-0.2, 0) is 6.42 Å². The number of pyridine rings is 1. The number of likely N-dealkylation sites (N-methyl/N-ethyl adjacent to an activating group) is 1. The molecular weight excluding hydrogens is 312 g/mol. The molecule has 20 heavy (non-hydrogen) atoms. The van der Waals surface area contributed by atoms with Crippen molar-refractivity contribution in [2.24, 2.45) is 11.3 Å². The Balaban J connectivity index is 2.16. The van der Waals surface area contributed by atoms with Gasteiger partial charge in [0.05, 0.1) is 0 Å². The summed E-state index contributed by atoms with van der Waals surface area (Å²) < 4.78 is 1.08. The van der Waals surface area contributed by atoms with Gasteiger partial charge < -0.3 is 5.32 Å². The average molecular weight is 339 g/mol. The molecule has 0 bridgehead atoms. The fourth-order valence-corrected chi connectivity index (χ4v) is 4.43. The molecule has 1 heterocycles. The van der Waals surface area contributed by atoms with Crippen molar-refractivity contribution < 1.29 is 0 Å². The monoisotopic (exact) mass is 338 g/mol. The van der Waals surface area contributed by atoms with Crippen LogP contribution in [0.25, 0.3) is 0 Å². The van der Waals surface area contributed by atoms with Gasteiger partial charge in [-0.05, 0) is 71.6 Å². The summed E-state index contributed by atoms with van der Waals surface area (Å²) in [5.74, 6) is 0.768. The lowest BCUT2D eigenvalue weighted by atomic mass is 9.71. The molecular formula is C17H27BrN2. The molecule has 0 aromatic carbocycles. The second-order valence-electron chi connectivity index (χ2n) is 6.72. The number of hydrogen-bond donors (Lipinski definition) is 1. The van der Waals surface area contributed by atoms with Gasteiger partial charge in [0, 0.05) is 22.9 Å². The van der Waals surface area contributed by atoms with Gasteiger partial charge in [-0.15, -0.1) is 0 Å². The van der Waals surface area contributed by atoms with Crippen LogP contribution in [0.3, 0.4) is 0 Å². The highest BCUT2D eigenvalue weighted by atomic mass is 79.9. The van der Waals surface area contributed by atoms with Crippen molar-refractivity contribution in [1.82, 2.24) is 10.3 Å². The molecule has 3 heteroatoms. The van der Waals surface area contributed by atoms with E-state index in [2.05, 4.69) is 53.2 Å². The topological polar surface area (TPSA) is 24.9 Å². The van der Waals surface area contributed by atoms with Crippen LogP contribution >= 0.6 is 15.9 Å². The molecule has 0 aliphatic heterocycles. The summed E-state index contributed by atoms with van der Waals surface area (Å²) in [4.78, 5) is 4.31. The summed E-state index contributed by atoms with van der Waals surface area (Å²) in [5.41, 5.74) is 1.80. The van der Waals surface area contributed by atoms with Gasteiger partial charge >= 0.3 is 0 Å². The number of nitrogens with one attached hydrogen (secondary N) is 1. The van der Waals surface area contributed by atoms with E-state index in [1.165, 1.54) is 37.7 Å². The summed E-state index contributed by atoms with van der Waals surface area (Å²) in [6, 6.07) is 2.76. The van der Waals surface area contributed by atoms with Crippen molar-refractivity contribution in [3.05, 3.63) is 28.5 Å². The van der Waals surface area contributed by atoms with Crippen molar-refractivity contribution >= 4 is 15.9 Å². The summed E-state index contributed by atoms with van der Waals surface area (Å²) in [6.07, 6.45) is 11.8. The molecule has 2 nitrogen and oxygen atoms in total. The molecule has 1 unspecified atom stereocenters. The minimum Gasteiger partial charge on any atom is -0.316 e. The van der Waals surface area contributed by atoms with Crippen LogP contribution in [0.15, 0.2) is 22.9 Å². The van der Waals surface area contributed by atoms with Gasteiger partial charge in [-0.25, -0.2) is 0 Å². The Morgan fingerprint density at radius 1 is 1.30 bits per heavy atom. The summed E-state index contributed by atoms with van der Waals surface area (Å²) in [6.45, 7) is 4.71. The molecule has 1 N–H and O–H groups in total. The first-order valence-electron chi connectivity index (χ1n) is 7.82. The van der Waals surface area contributed by atoms with E-state index in [0.29, 0.717) is 11.5 Å². The Kier molecular flexibility index (Phi) is 5.62. The fourth-order valence-electron chi connectivity index (χ4n) is 4.01. The van der Waals surface area contributed by atoms with Crippen molar-refractivity contribution in [3.63, 3.8) is 0 Å². The molecule has 0 radical (unpaired) electrons. The molecule has 1 aliphatic rings. The highest BCUT2D eigenvalue weighted by molar-refractivity contribution is 9.10. The molecule has 1 aliphatic carbocycles. The lowest BCUT2D eigenvalue weighted by molar-refractivity contribution is 0.160. The molecule has 0 spiro atoms. The maximum atomic E-state index is 4.31. The number of nitrogens with zero attached hydrogens (tertiary/aromatic N) is 1. The van der Waals surface area contributed by atoms with Crippen molar-refractivity contribution in [1.29, 1.82) is 0 Å². The second kappa shape index (κ2) is 7.04. The zero-order valence-electron chi connectivity index (χ0n) is 13.0. The first kappa shape index (κ1) is 16.0. The number of aromatic nitrogens is 1. The van der Waals surface area contributed by atoms with Gasteiger partial charge in [-0.3, -0.25) is 4.98 Å². The van der Waals surface area contributed by atoms with Gasteiger partial charge in [0.2, 0.25) is 0 Å². The quantitative estimate of drug-likeness (QED) is 0.820. The number of hydrogen-bond acceptors (Lipinski definition) is 2. The van der Waals surface area contributed by atoms with E-state index < -0.39 is 0 Å². The minimum absolute atomic E-state index is 0.477. The van der Waals surface area contributed by atoms with E-state index in [4.69, 9.17) is 0 Å². The molecule has 2 rings (SSSR count). The van der Waals surface area contributed by atoms with Crippen LogP contribution in [0.1, 0.15) is 51.5 Å². The molecule has 1 aromatic rings.